The number of amides is 2. The molecule has 1 saturated carbocycles. The fourth-order valence-electron chi connectivity index (χ4n) is 2.41. The van der Waals surface area contributed by atoms with Gasteiger partial charge in [-0.2, -0.15) is 0 Å². The van der Waals surface area contributed by atoms with Crippen LogP contribution in [0.15, 0.2) is 18.2 Å². The van der Waals surface area contributed by atoms with Crippen LogP contribution in [0.3, 0.4) is 0 Å². The number of carbonyl (C=O) groups is 2. The lowest BCUT2D eigenvalue weighted by Crippen LogP contribution is -2.41. The third kappa shape index (κ3) is 3.91. The van der Waals surface area contributed by atoms with E-state index in [1.807, 2.05) is 0 Å². The van der Waals surface area contributed by atoms with Gasteiger partial charge in [-0.3, -0.25) is 0 Å². The zero-order valence-electron chi connectivity index (χ0n) is 11.3. The van der Waals surface area contributed by atoms with Crippen LogP contribution in [0.5, 0.6) is 0 Å². The third-order valence-electron chi connectivity index (χ3n) is 3.51. The molecule has 0 bridgehead atoms. The highest BCUT2D eigenvalue weighted by atomic mass is 19.1. The maximum atomic E-state index is 13.5. The van der Waals surface area contributed by atoms with Crippen LogP contribution in [0, 0.1) is 5.82 Å². The molecule has 114 valence electrons. The van der Waals surface area contributed by atoms with Gasteiger partial charge in [0.2, 0.25) is 0 Å². The number of halogens is 1. The van der Waals surface area contributed by atoms with E-state index < -0.39 is 23.4 Å². The van der Waals surface area contributed by atoms with Crippen LogP contribution in [0.2, 0.25) is 0 Å². The van der Waals surface area contributed by atoms with E-state index in [1.165, 1.54) is 12.1 Å². The molecule has 1 fully saturated rings. The van der Waals surface area contributed by atoms with Crippen LogP contribution in [-0.4, -0.2) is 34.4 Å². The number of carbonyl (C=O) groups excluding carboxylic acids is 1. The fourth-order valence-corrected chi connectivity index (χ4v) is 2.41. The molecule has 1 aromatic carbocycles. The maximum Gasteiger partial charge on any atom is 0.340 e. The third-order valence-corrected chi connectivity index (χ3v) is 3.51. The number of aliphatic hydroxyl groups excluding tert-OH is 1. The summed E-state index contributed by atoms with van der Waals surface area (Å²) in [7, 11) is 0. The molecule has 6 nitrogen and oxygen atoms in total. The topological polar surface area (TPSA) is 98.7 Å². The number of nitrogens with one attached hydrogen (secondary N) is 2. The summed E-state index contributed by atoms with van der Waals surface area (Å²) >= 11 is 0. The molecule has 7 heteroatoms. The molecule has 4 N–H and O–H groups in total. The Morgan fingerprint density at radius 1 is 1.19 bits per heavy atom. The summed E-state index contributed by atoms with van der Waals surface area (Å²) in [5.41, 5.74) is -0.650. The number of hydrogen-bond acceptors (Lipinski definition) is 3. The predicted octanol–water partition coefficient (Wildman–Crippen LogP) is 1.95. The Morgan fingerprint density at radius 3 is 2.48 bits per heavy atom. The first kappa shape index (κ1) is 15.2. The van der Waals surface area contributed by atoms with Crippen molar-refractivity contribution in [2.75, 3.05) is 5.32 Å². The number of aliphatic hydroxyl groups is 1. The second-order valence-electron chi connectivity index (χ2n) is 5.07. The van der Waals surface area contributed by atoms with Crippen molar-refractivity contribution in [1.29, 1.82) is 0 Å². The molecule has 0 aliphatic heterocycles. The van der Waals surface area contributed by atoms with Gasteiger partial charge in [-0.1, -0.05) is 6.07 Å². The molecule has 0 heterocycles. The molecule has 1 aliphatic carbocycles. The summed E-state index contributed by atoms with van der Waals surface area (Å²) in [6.07, 6.45) is 2.22. The molecular weight excluding hydrogens is 279 g/mol. The van der Waals surface area contributed by atoms with Crippen molar-refractivity contribution in [3.05, 3.63) is 29.6 Å². The number of carboxylic acid groups (broad SMARTS) is 1. The highest BCUT2D eigenvalue weighted by Crippen LogP contribution is 2.20. The Hall–Kier alpha value is -2.15. The molecule has 1 aromatic rings. The number of carboxylic acids is 1. The van der Waals surface area contributed by atoms with Crippen LogP contribution in [0.4, 0.5) is 14.9 Å². The number of anilines is 1. The zero-order chi connectivity index (χ0) is 15.4. The Labute approximate surface area is 121 Å². The van der Waals surface area contributed by atoms with E-state index in [0.29, 0.717) is 25.7 Å². The summed E-state index contributed by atoms with van der Waals surface area (Å²) in [6, 6.07) is 3.03. The van der Waals surface area contributed by atoms with E-state index >= 15 is 0 Å². The first-order chi connectivity index (χ1) is 9.97. The quantitative estimate of drug-likeness (QED) is 0.685. The van der Waals surface area contributed by atoms with Gasteiger partial charge in [0.15, 0.2) is 0 Å². The largest absolute Gasteiger partial charge is 0.478 e. The SMILES string of the molecule is O=C(Nc1cccc(F)c1C(=O)O)NC1CCC(O)CC1. The minimum Gasteiger partial charge on any atom is -0.478 e. The molecule has 0 saturated heterocycles. The Bertz CT molecular complexity index is 542. The van der Waals surface area contributed by atoms with Crippen LogP contribution in [-0.2, 0) is 0 Å². The van der Waals surface area contributed by atoms with Crippen LogP contribution >= 0.6 is 0 Å². The van der Waals surface area contributed by atoms with E-state index in [0.717, 1.165) is 6.07 Å². The first-order valence-electron chi connectivity index (χ1n) is 6.74. The number of urea groups is 1. The summed E-state index contributed by atoms with van der Waals surface area (Å²) in [5.74, 6) is -2.34. The van der Waals surface area contributed by atoms with E-state index in [2.05, 4.69) is 10.6 Å². The standard InChI is InChI=1S/C14H17FN2O4/c15-10-2-1-3-11(12(10)13(19)20)17-14(21)16-8-4-6-9(18)7-5-8/h1-3,8-9,18H,4-7H2,(H,19,20)(H2,16,17,21). The van der Waals surface area contributed by atoms with E-state index in [9.17, 15) is 19.1 Å². The lowest BCUT2D eigenvalue weighted by Gasteiger charge is -2.26. The minimum absolute atomic E-state index is 0.0739. The smallest absolute Gasteiger partial charge is 0.340 e. The fraction of sp³-hybridized carbons (Fsp3) is 0.429. The van der Waals surface area contributed by atoms with Crippen LogP contribution < -0.4 is 10.6 Å². The summed E-state index contributed by atoms with van der Waals surface area (Å²) in [4.78, 5) is 22.9. The summed E-state index contributed by atoms with van der Waals surface area (Å²) < 4.78 is 13.5. The lowest BCUT2D eigenvalue weighted by molar-refractivity contribution is 0.0693. The average Bonchev–Trinajstić information content (AvgIpc) is 2.41. The second-order valence-corrected chi connectivity index (χ2v) is 5.07. The van der Waals surface area contributed by atoms with Gasteiger partial charge in [0.25, 0.3) is 0 Å². The highest BCUT2D eigenvalue weighted by Gasteiger charge is 2.22. The molecule has 2 amide bonds. The van der Waals surface area contributed by atoms with Crippen molar-refractivity contribution in [2.45, 2.75) is 37.8 Å². The van der Waals surface area contributed by atoms with Crippen LogP contribution in [0.1, 0.15) is 36.0 Å². The van der Waals surface area contributed by atoms with Crippen molar-refractivity contribution >= 4 is 17.7 Å². The number of hydrogen-bond donors (Lipinski definition) is 4. The summed E-state index contributed by atoms with van der Waals surface area (Å²) in [6.45, 7) is 0. The highest BCUT2D eigenvalue weighted by molar-refractivity contribution is 6.00. The van der Waals surface area contributed by atoms with Crippen LogP contribution in [0.25, 0.3) is 0 Å². The molecule has 0 atom stereocenters. The Balaban J connectivity index is 2.00. The lowest BCUT2D eigenvalue weighted by atomic mass is 9.93. The van der Waals surface area contributed by atoms with Crippen molar-refractivity contribution < 1.29 is 24.2 Å². The van der Waals surface area contributed by atoms with Crippen molar-refractivity contribution in [3.63, 3.8) is 0 Å². The first-order valence-corrected chi connectivity index (χ1v) is 6.74. The maximum absolute atomic E-state index is 13.5. The molecule has 1 aliphatic rings. The van der Waals surface area contributed by atoms with Gasteiger partial charge in [0.1, 0.15) is 11.4 Å². The zero-order valence-corrected chi connectivity index (χ0v) is 11.3. The Kier molecular flexibility index (Phi) is 4.74. The van der Waals surface area contributed by atoms with Crippen molar-refractivity contribution in [1.82, 2.24) is 5.32 Å². The molecule has 0 unspecified atom stereocenters. The van der Waals surface area contributed by atoms with Gasteiger partial charge < -0.3 is 20.8 Å². The Morgan fingerprint density at radius 2 is 1.86 bits per heavy atom. The van der Waals surface area contributed by atoms with Gasteiger partial charge in [-0.15, -0.1) is 0 Å². The predicted molar refractivity (Wildman–Crippen MR) is 73.8 cm³/mol. The van der Waals surface area contributed by atoms with E-state index in [-0.39, 0.29) is 17.8 Å². The molecule has 0 spiro atoms. The normalized spacial score (nSPS) is 21.6. The minimum atomic E-state index is -1.44. The number of aromatic carboxylic acids is 1. The molecule has 21 heavy (non-hydrogen) atoms. The monoisotopic (exact) mass is 296 g/mol. The average molecular weight is 296 g/mol. The number of benzene rings is 1. The molecular formula is C14H17FN2O4. The van der Waals surface area contributed by atoms with Crippen molar-refractivity contribution in [3.8, 4) is 0 Å². The molecule has 2 rings (SSSR count). The van der Waals surface area contributed by atoms with Gasteiger partial charge in [-0.25, -0.2) is 14.0 Å². The second kappa shape index (κ2) is 6.53. The van der Waals surface area contributed by atoms with Crippen molar-refractivity contribution in [2.24, 2.45) is 0 Å². The van der Waals surface area contributed by atoms with Gasteiger partial charge in [0, 0.05) is 6.04 Å². The molecule has 0 aromatic heterocycles. The van der Waals surface area contributed by atoms with E-state index in [4.69, 9.17) is 5.11 Å². The summed E-state index contributed by atoms with van der Waals surface area (Å²) in [5, 5.41) is 23.4. The van der Waals surface area contributed by atoms with E-state index in [1.54, 1.807) is 0 Å². The van der Waals surface area contributed by atoms with Gasteiger partial charge in [0.05, 0.1) is 11.8 Å². The van der Waals surface area contributed by atoms with Gasteiger partial charge in [-0.05, 0) is 37.8 Å². The molecule has 0 radical (unpaired) electrons. The number of rotatable bonds is 3. The van der Waals surface area contributed by atoms with Gasteiger partial charge >= 0.3 is 12.0 Å².